The minimum atomic E-state index is -3.51. The van der Waals surface area contributed by atoms with E-state index in [0.29, 0.717) is 22.6 Å². The van der Waals surface area contributed by atoms with Crippen molar-refractivity contribution < 1.29 is 22.7 Å². The van der Waals surface area contributed by atoms with Gasteiger partial charge in [-0.15, -0.1) is 11.3 Å². The van der Waals surface area contributed by atoms with Gasteiger partial charge in [0.05, 0.1) is 5.92 Å². The van der Waals surface area contributed by atoms with E-state index in [1.54, 1.807) is 29.6 Å². The zero-order valence-corrected chi connectivity index (χ0v) is 19.0. The molecular formula is C24H23NO5S2. The van der Waals surface area contributed by atoms with E-state index >= 15 is 0 Å². The number of ether oxygens (including phenoxy) is 1. The molecule has 0 aliphatic carbocycles. The van der Waals surface area contributed by atoms with Crippen LogP contribution in [0.15, 0.2) is 76.3 Å². The van der Waals surface area contributed by atoms with E-state index in [-0.39, 0.29) is 25.5 Å². The van der Waals surface area contributed by atoms with Gasteiger partial charge in [0, 0.05) is 18.7 Å². The number of carbonyl (C=O) groups excluding carboxylic acids is 2. The molecule has 6 nitrogen and oxygen atoms in total. The van der Waals surface area contributed by atoms with Gasteiger partial charge in [0.25, 0.3) is 10.0 Å². The van der Waals surface area contributed by atoms with E-state index in [4.69, 9.17) is 4.74 Å². The zero-order chi connectivity index (χ0) is 22.6. The topological polar surface area (TPSA) is 80.8 Å². The third kappa shape index (κ3) is 4.98. The number of carbonyl (C=O) groups is 2. The summed E-state index contributed by atoms with van der Waals surface area (Å²) in [5, 5.41) is 1.73. The van der Waals surface area contributed by atoms with Crippen LogP contribution in [0.1, 0.15) is 23.2 Å². The molecule has 1 fully saturated rings. The Labute approximate surface area is 191 Å². The molecule has 1 saturated heterocycles. The summed E-state index contributed by atoms with van der Waals surface area (Å²) in [4.78, 5) is 24.8. The van der Waals surface area contributed by atoms with E-state index in [0.717, 1.165) is 11.1 Å². The molecule has 0 saturated carbocycles. The number of rotatable bonds is 7. The number of piperidine rings is 1. The molecule has 4 rings (SSSR count). The number of esters is 1. The van der Waals surface area contributed by atoms with Crippen LogP contribution in [0.2, 0.25) is 0 Å². The summed E-state index contributed by atoms with van der Waals surface area (Å²) in [6.07, 6.45) is 0.757. The molecule has 8 heteroatoms. The van der Waals surface area contributed by atoms with Gasteiger partial charge in [-0.2, -0.15) is 4.31 Å². The minimum absolute atomic E-state index is 0.259. The highest BCUT2D eigenvalue weighted by molar-refractivity contribution is 7.91. The van der Waals surface area contributed by atoms with Crippen molar-refractivity contribution in [3.05, 3.63) is 77.7 Å². The summed E-state index contributed by atoms with van der Waals surface area (Å²) >= 11 is 1.18. The molecule has 0 atom stereocenters. The number of ketones is 1. The molecule has 2 heterocycles. The molecule has 32 heavy (non-hydrogen) atoms. The lowest BCUT2D eigenvalue weighted by Crippen LogP contribution is -2.40. The van der Waals surface area contributed by atoms with Crippen molar-refractivity contribution in [2.45, 2.75) is 17.1 Å². The summed E-state index contributed by atoms with van der Waals surface area (Å²) in [5.74, 6) is -1.12. The SMILES string of the molecule is O=C(COC(=O)C1CCN(S(=O)(=O)c2cccs2)CC1)c1ccc(-c2ccccc2)cc1. The lowest BCUT2D eigenvalue weighted by Gasteiger charge is -2.29. The van der Waals surface area contributed by atoms with E-state index in [9.17, 15) is 18.0 Å². The van der Waals surface area contributed by atoms with E-state index in [1.807, 2.05) is 42.5 Å². The number of sulfonamides is 1. The second kappa shape index (κ2) is 9.77. The number of benzene rings is 2. The highest BCUT2D eigenvalue weighted by Gasteiger charge is 2.33. The van der Waals surface area contributed by atoms with Crippen LogP contribution in [0.5, 0.6) is 0 Å². The fourth-order valence-corrected chi connectivity index (χ4v) is 6.30. The lowest BCUT2D eigenvalue weighted by atomic mass is 9.98. The molecule has 0 bridgehead atoms. The summed E-state index contributed by atoms with van der Waals surface area (Å²) in [6.45, 7) is 0.195. The monoisotopic (exact) mass is 469 g/mol. The molecule has 1 aromatic heterocycles. The maximum absolute atomic E-state index is 12.6. The van der Waals surface area contributed by atoms with Gasteiger partial charge in [-0.1, -0.05) is 60.7 Å². The summed E-state index contributed by atoms with van der Waals surface area (Å²) in [7, 11) is -3.51. The normalized spacial score (nSPS) is 15.4. The number of Topliss-reactive ketones (excluding diaryl/α,β-unsaturated/α-hetero) is 1. The van der Waals surface area contributed by atoms with Crippen LogP contribution in [-0.2, 0) is 19.6 Å². The Bertz CT molecular complexity index is 1160. The average molecular weight is 470 g/mol. The van der Waals surface area contributed by atoms with Gasteiger partial charge in [-0.25, -0.2) is 8.42 Å². The van der Waals surface area contributed by atoms with Crippen LogP contribution in [0.4, 0.5) is 0 Å². The Balaban J connectivity index is 1.27. The van der Waals surface area contributed by atoms with E-state index in [2.05, 4.69) is 0 Å². The van der Waals surface area contributed by atoms with Gasteiger partial charge in [-0.05, 0) is 35.4 Å². The fourth-order valence-electron chi connectivity index (χ4n) is 3.69. The predicted molar refractivity (Wildman–Crippen MR) is 123 cm³/mol. The Hall–Kier alpha value is -2.81. The van der Waals surface area contributed by atoms with Crippen LogP contribution in [-0.4, -0.2) is 44.2 Å². The van der Waals surface area contributed by atoms with Gasteiger partial charge >= 0.3 is 5.97 Å². The molecule has 0 spiro atoms. The molecule has 0 unspecified atom stereocenters. The molecule has 3 aromatic rings. The second-order valence-corrected chi connectivity index (χ2v) is 10.7. The molecular weight excluding hydrogens is 446 g/mol. The van der Waals surface area contributed by atoms with Gasteiger partial charge in [-0.3, -0.25) is 9.59 Å². The maximum Gasteiger partial charge on any atom is 0.309 e. The Morgan fingerprint density at radius 2 is 1.56 bits per heavy atom. The van der Waals surface area contributed by atoms with E-state index in [1.165, 1.54) is 15.6 Å². The standard InChI is InChI=1S/C24H23NO5S2/c26-22(20-10-8-19(9-11-20)18-5-2-1-3-6-18)17-30-24(27)21-12-14-25(15-13-21)32(28,29)23-7-4-16-31-23/h1-11,16,21H,12-15,17H2. The van der Waals surface area contributed by atoms with Crippen molar-refractivity contribution >= 4 is 33.1 Å². The number of hydrogen-bond donors (Lipinski definition) is 0. The van der Waals surface area contributed by atoms with Crippen molar-refractivity contribution in [3.63, 3.8) is 0 Å². The van der Waals surface area contributed by atoms with Crippen molar-refractivity contribution in [2.24, 2.45) is 5.92 Å². The first-order valence-electron chi connectivity index (χ1n) is 10.3. The molecule has 0 amide bonds. The minimum Gasteiger partial charge on any atom is -0.457 e. The molecule has 166 valence electrons. The zero-order valence-electron chi connectivity index (χ0n) is 17.3. The number of nitrogens with zero attached hydrogens (tertiary/aromatic N) is 1. The third-order valence-corrected chi connectivity index (χ3v) is 8.81. The van der Waals surface area contributed by atoms with E-state index < -0.39 is 21.9 Å². The van der Waals surface area contributed by atoms with Gasteiger partial charge in [0.15, 0.2) is 12.4 Å². The number of hydrogen-bond acceptors (Lipinski definition) is 6. The summed E-state index contributed by atoms with van der Waals surface area (Å²) < 4.78 is 32.1. The first-order valence-corrected chi connectivity index (χ1v) is 12.7. The van der Waals surface area contributed by atoms with Gasteiger partial charge in [0.1, 0.15) is 4.21 Å². The smallest absolute Gasteiger partial charge is 0.309 e. The van der Waals surface area contributed by atoms with Crippen molar-refractivity contribution in [1.29, 1.82) is 0 Å². The van der Waals surface area contributed by atoms with Crippen LogP contribution in [0.3, 0.4) is 0 Å². The van der Waals surface area contributed by atoms with Gasteiger partial charge < -0.3 is 4.74 Å². The largest absolute Gasteiger partial charge is 0.457 e. The Morgan fingerprint density at radius 3 is 2.19 bits per heavy atom. The number of thiophene rings is 1. The lowest BCUT2D eigenvalue weighted by molar-refractivity contribution is -0.148. The van der Waals surface area contributed by atoms with Crippen molar-refractivity contribution in [1.82, 2.24) is 4.31 Å². The first kappa shape index (κ1) is 22.4. The van der Waals surface area contributed by atoms with Crippen LogP contribution in [0, 0.1) is 5.92 Å². The second-order valence-electron chi connectivity index (χ2n) is 7.58. The highest BCUT2D eigenvalue weighted by atomic mass is 32.2. The molecule has 0 N–H and O–H groups in total. The van der Waals surface area contributed by atoms with Crippen LogP contribution in [0.25, 0.3) is 11.1 Å². The summed E-state index contributed by atoms with van der Waals surface area (Å²) in [5.41, 5.74) is 2.54. The van der Waals surface area contributed by atoms with Crippen molar-refractivity contribution in [3.8, 4) is 11.1 Å². The van der Waals surface area contributed by atoms with Crippen LogP contribution >= 0.6 is 11.3 Å². The maximum atomic E-state index is 12.6. The highest BCUT2D eigenvalue weighted by Crippen LogP contribution is 2.27. The van der Waals surface area contributed by atoms with Gasteiger partial charge in [0.2, 0.25) is 0 Å². The molecule has 0 radical (unpaired) electrons. The predicted octanol–water partition coefficient (Wildman–Crippen LogP) is 4.24. The molecule has 1 aliphatic rings. The fraction of sp³-hybridized carbons (Fsp3) is 0.250. The van der Waals surface area contributed by atoms with Crippen molar-refractivity contribution in [2.75, 3.05) is 19.7 Å². The quantitative estimate of drug-likeness (QED) is 0.382. The Kier molecular flexibility index (Phi) is 6.83. The average Bonchev–Trinajstić information content (AvgIpc) is 3.39. The Morgan fingerprint density at radius 1 is 0.906 bits per heavy atom. The molecule has 2 aromatic carbocycles. The summed E-state index contributed by atoms with van der Waals surface area (Å²) in [6, 6.07) is 20.3. The third-order valence-electron chi connectivity index (χ3n) is 5.54. The molecule has 1 aliphatic heterocycles. The van der Waals surface area contributed by atoms with Crippen LogP contribution < -0.4 is 0 Å². The first-order chi connectivity index (χ1) is 15.4.